The molecule has 40 valence electrons. The first-order valence-corrected chi connectivity index (χ1v) is 1.95. The monoisotopic (exact) mass is 102 g/mol. The van der Waals surface area contributed by atoms with Gasteiger partial charge in [0.25, 0.3) is 0 Å². The molecule has 2 heteroatoms. The molecule has 0 aromatic heterocycles. The molecule has 0 spiro atoms. The summed E-state index contributed by atoms with van der Waals surface area (Å²) >= 11 is 0. The lowest BCUT2D eigenvalue weighted by atomic mass is 10.4. The summed E-state index contributed by atoms with van der Waals surface area (Å²) in [4.78, 5) is 3.12. The van der Waals surface area contributed by atoms with Crippen LogP contribution in [0.2, 0.25) is 0 Å². The number of halogens is 1. The molecule has 0 aliphatic carbocycles. The highest BCUT2D eigenvalue weighted by molar-refractivity contribution is 4.82. The van der Waals surface area contributed by atoms with Crippen molar-refractivity contribution in [1.82, 2.24) is 0 Å². The molecular weight excluding hydrogens is 95.1 g/mol. The number of hydrogen-bond acceptors (Lipinski definition) is 1. The minimum atomic E-state index is 0.643. The number of rotatable bonds is 3. The van der Waals surface area contributed by atoms with Gasteiger partial charge in [-0.1, -0.05) is 6.08 Å². The maximum Gasteiger partial charge on any atom is 0.132 e. The molecule has 1 nitrogen and oxygen atoms in total. The van der Waals surface area contributed by atoms with Gasteiger partial charge in [0, 0.05) is 4.53 Å². The van der Waals surface area contributed by atoms with Crippen LogP contribution in [0.3, 0.4) is 0 Å². The Bertz CT molecular complexity index is 68.5. The standard InChI is InChI=1S/C5H7FO/c1-2-3-4-5-7-6/h2,4-5H,1,3H2. The summed E-state index contributed by atoms with van der Waals surface area (Å²) in [6, 6.07) is 0. The van der Waals surface area contributed by atoms with Crippen molar-refractivity contribution in [3.05, 3.63) is 25.0 Å². The fourth-order valence-electron chi connectivity index (χ4n) is 0.188. The highest BCUT2D eigenvalue weighted by Crippen LogP contribution is 1.83. The topological polar surface area (TPSA) is 9.23 Å². The normalized spacial score (nSPS) is 9.29. The molecule has 0 unspecified atom stereocenters. The Morgan fingerprint density at radius 1 is 1.71 bits per heavy atom. The molecule has 0 rings (SSSR count). The molecule has 0 aromatic rings. The summed E-state index contributed by atoms with van der Waals surface area (Å²) in [6.07, 6.45) is 4.79. The van der Waals surface area contributed by atoms with E-state index in [1.165, 1.54) is 6.08 Å². The molecule has 0 aliphatic heterocycles. The largest absolute Gasteiger partial charge is 0.303 e. The molecular formula is C5H7FO. The van der Waals surface area contributed by atoms with Gasteiger partial charge in [-0.3, -0.25) is 0 Å². The summed E-state index contributed by atoms with van der Waals surface area (Å²) in [5, 5.41) is 0. The maximum atomic E-state index is 10.7. The van der Waals surface area contributed by atoms with E-state index < -0.39 is 0 Å². The van der Waals surface area contributed by atoms with Crippen LogP contribution in [0.4, 0.5) is 4.53 Å². The van der Waals surface area contributed by atoms with Crippen molar-refractivity contribution < 1.29 is 9.47 Å². The molecule has 0 bridgehead atoms. The van der Waals surface area contributed by atoms with E-state index in [1.807, 2.05) is 0 Å². The van der Waals surface area contributed by atoms with Gasteiger partial charge in [0.2, 0.25) is 0 Å². The van der Waals surface area contributed by atoms with E-state index in [-0.39, 0.29) is 0 Å². The molecule has 0 fully saturated rings. The van der Waals surface area contributed by atoms with E-state index >= 15 is 0 Å². The average molecular weight is 102 g/mol. The van der Waals surface area contributed by atoms with Crippen LogP contribution in [-0.2, 0) is 4.94 Å². The zero-order valence-corrected chi connectivity index (χ0v) is 3.93. The first-order chi connectivity index (χ1) is 3.41. The van der Waals surface area contributed by atoms with Crippen molar-refractivity contribution in [2.24, 2.45) is 0 Å². The molecule has 7 heavy (non-hydrogen) atoms. The Balaban J connectivity index is 2.92. The summed E-state index contributed by atoms with van der Waals surface area (Å²) in [7, 11) is 0. The predicted octanol–water partition coefficient (Wildman–Crippen LogP) is 1.98. The highest BCUT2D eigenvalue weighted by Gasteiger charge is 1.65. The zero-order chi connectivity index (χ0) is 5.54. The SMILES string of the molecule is C=CCC=COF. The predicted molar refractivity (Wildman–Crippen MR) is 26.1 cm³/mol. The van der Waals surface area contributed by atoms with Gasteiger partial charge in [-0.2, -0.15) is 0 Å². The molecule has 0 N–H and O–H groups in total. The van der Waals surface area contributed by atoms with Crippen LogP contribution in [0.25, 0.3) is 0 Å². The van der Waals surface area contributed by atoms with E-state index in [4.69, 9.17) is 0 Å². The van der Waals surface area contributed by atoms with Crippen molar-refractivity contribution in [1.29, 1.82) is 0 Å². The van der Waals surface area contributed by atoms with Crippen molar-refractivity contribution in [3.63, 3.8) is 0 Å². The summed E-state index contributed by atoms with van der Waals surface area (Å²) in [5.74, 6) is 0. The molecule has 0 heterocycles. The molecule has 0 saturated carbocycles. The first-order valence-electron chi connectivity index (χ1n) is 1.95. The Labute approximate surface area is 42.0 Å². The highest BCUT2D eigenvalue weighted by atomic mass is 19.3. The second-order valence-corrected chi connectivity index (χ2v) is 0.985. The smallest absolute Gasteiger partial charge is 0.132 e. The maximum absolute atomic E-state index is 10.7. The lowest BCUT2D eigenvalue weighted by molar-refractivity contribution is -0.0620. The van der Waals surface area contributed by atoms with Gasteiger partial charge in [-0.25, -0.2) is 0 Å². The summed E-state index contributed by atoms with van der Waals surface area (Å²) in [6.45, 7) is 3.40. The van der Waals surface area contributed by atoms with E-state index in [1.54, 1.807) is 6.08 Å². The van der Waals surface area contributed by atoms with Gasteiger partial charge in [0.1, 0.15) is 6.26 Å². The summed E-state index contributed by atoms with van der Waals surface area (Å²) in [5.41, 5.74) is 0. The van der Waals surface area contributed by atoms with Crippen LogP contribution in [0.15, 0.2) is 25.0 Å². The van der Waals surface area contributed by atoms with Gasteiger partial charge in [-0.05, 0) is 12.5 Å². The molecule has 0 saturated heterocycles. The second kappa shape index (κ2) is 5.21. The van der Waals surface area contributed by atoms with Crippen LogP contribution in [0, 0.1) is 0 Å². The van der Waals surface area contributed by atoms with Crippen LogP contribution >= 0.6 is 0 Å². The van der Waals surface area contributed by atoms with Gasteiger partial charge < -0.3 is 4.94 Å². The van der Waals surface area contributed by atoms with Crippen LogP contribution in [-0.4, -0.2) is 0 Å². The Morgan fingerprint density at radius 3 is 2.86 bits per heavy atom. The Hall–Kier alpha value is -0.790. The Morgan fingerprint density at radius 2 is 2.43 bits per heavy atom. The third kappa shape index (κ3) is 5.21. The molecule has 0 amide bonds. The number of hydrogen-bond donors (Lipinski definition) is 0. The van der Waals surface area contributed by atoms with Crippen molar-refractivity contribution in [2.45, 2.75) is 6.42 Å². The molecule has 0 radical (unpaired) electrons. The molecule has 0 atom stereocenters. The van der Waals surface area contributed by atoms with E-state index in [2.05, 4.69) is 11.5 Å². The first kappa shape index (κ1) is 6.21. The van der Waals surface area contributed by atoms with Crippen LogP contribution in [0.1, 0.15) is 6.42 Å². The van der Waals surface area contributed by atoms with Crippen LogP contribution in [0.5, 0.6) is 0 Å². The van der Waals surface area contributed by atoms with Crippen LogP contribution < -0.4 is 0 Å². The number of allylic oxidation sites excluding steroid dienone is 2. The fraction of sp³-hybridized carbons (Fsp3) is 0.200. The van der Waals surface area contributed by atoms with Gasteiger partial charge >= 0.3 is 0 Å². The van der Waals surface area contributed by atoms with Crippen molar-refractivity contribution >= 4 is 0 Å². The zero-order valence-electron chi connectivity index (χ0n) is 3.93. The van der Waals surface area contributed by atoms with Gasteiger partial charge in [-0.15, -0.1) is 6.58 Å². The van der Waals surface area contributed by atoms with Gasteiger partial charge in [0.05, 0.1) is 0 Å². The Kier molecular flexibility index (Phi) is 4.62. The van der Waals surface area contributed by atoms with E-state index in [0.717, 1.165) is 6.26 Å². The van der Waals surface area contributed by atoms with Gasteiger partial charge in [0.15, 0.2) is 0 Å². The quantitative estimate of drug-likeness (QED) is 0.391. The second-order valence-electron chi connectivity index (χ2n) is 0.985. The third-order valence-electron chi connectivity index (χ3n) is 0.450. The third-order valence-corrected chi connectivity index (χ3v) is 0.450. The average Bonchev–Trinajstić information content (AvgIpc) is 1.69. The summed E-state index contributed by atoms with van der Waals surface area (Å²) < 4.78 is 10.7. The minimum Gasteiger partial charge on any atom is -0.303 e. The molecule has 0 aromatic carbocycles. The lowest BCUT2D eigenvalue weighted by Gasteiger charge is -1.74. The van der Waals surface area contributed by atoms with Crippen molar-refractivity contribution in [2.75, 3.05) is 0 Å². The van der Waals surface area contributed by atoms with E-state index in [0.29, 0.717) is 6.42 Å². The fourth-order valence-corrected chi connectivity index (χ4v) is 0.188. The van der Waals surface area contributed by atoms with E-state index in [9.17, 15) is 4.53 Å². The minimum absolute atomic E-state index is 0.643. The van der Waals surface area contributed by atoms with Crippen molar-refractivity contribution in [3.8, 4) is 0 Å². The molecule has 0 aliphatic rings. The lowest BCUT2D eigenvalue weighted by Crippen LogP contribution is -1.56.